The van der Waals surface area contributed by atoms with E-state index >= 15 is 0 Å². The second-order valence-electron chi connectivity index (χ2n) is 5.02. The second kappa shape index (κ2) is 4.53. The Kier molecular flexibility index (Phi) is 2.67. The number of rotatable bonds is 1. The molecule has 100 valence electrons. The molecule has 0 atom stereocenters. The van der Waals surface area contributed by atoms with Gasteiger partial charge < -0.3 is 9.80 Å². The lowest BCUT2D eigenvalue weighted by molar-refractivity contribution is 0.924. The predicted octanol–water partition coefficient (Wildman–Crippen LogP) is 3.54. The normalized spacial score (nSPS) is 16.8. The van der Waals surface area contributed by atoms with Crippen molar-refractivity contribution in [3.63, 3.8) is 0 Å². The molecular weight excluding hydrogens is 270 g/mol. The van der Waals surface area contributed by atoms with Crippen LogP contribution in [0.15, 0.2) is 53.5 Å². The van der Waals surface area contributed by atoms with E-state index in [1.165, 1.54) is 11.3 Å². The van der Waals surface area contributed by atoms with Crippen molar-refractivity contribution in [2.24, 2.45) is 4.99 Å². The van der Waals surface area contributed by atoms with E-state index in [2.05, 4.69) is 51.2 Å². The van der Waals surface area contributed by atoms with E-state index in [4.69, 9.17) is 11.6 Å². The van der Waals surface area contributed by atoms with E-state index in [0.29, 0.717) is 0 Å². The molecule has 20 heavy (non-hydrogen) atoms. The first-order valence-corrected chi connectivity index (χ1v) is 7.14. The van der Waals surface area contributed by atoms with E-state index in [-0.39, 0.29) is 0 Å². The van der Waals surface area contributed by atoms with Gasteiger partial charge in [-0.05, 0) is 35.9 Å². The molecule has 0 N–H and O–H groups in total. The van der Waals surface area contributed by atoms with Gasteiger partial charge in [0.1, 0.15) is 0 Å². The van der Waals surface area contributed by atoms with Crippen LogP contribution in [0.25, 0.3) is 0 Å². The number of guanidine groups is 1. The van der Waals surface area contributed by atoms with Gasteiger partial charge >= 0.3 is 0 Å². The fraction of sp³-hybridized carbons (Fsp3) is 0.188. The van der Waals surface area contributed by atoms with Crippen LogP contribution in [-0.2, 0) is 6.54 Å². The predicted molar refractivity (Wildman–Crippen MR) is 83.7 cm³/mol. The molecule has 0 aromatic heterocycles. The van der Waals surface area contributed by atoms with E-state index in [0.717, 1.165) is 36.3 Å². The molecule has 0 unspecified atom stereocenters. The van der Waals surface area contributed by atoms with Crippen LogP contribution in [0.4, 0.5) is 11.4 Å². The van der Waals surface area contributed by atoms with Crippen molar-refractivity contribution in [3.05, 3.63) is 59.1 Å². The molecule has 2 aromatic rings. The van der Waals surface area contributed by atoms with Crippen molar-refractivity contribution in [1.29, 1.82) is 0 Å². The Morgan fingerprint density at radius 2 is 1.75 bits per heavy atom. The highest BCUT2D eigenvalue weighted by Crippen LogP contribution is 2.33. The number of fused-ring (bicyclic) bond motifs is 3. The van der Waals surface area contributed by atoms with Crippen LogP contribution in [0.2, 0.25) is 5.02 Å². The third-order valence-electron chi connectivity index (χ3n) is 3.81. The third kappa shape index (κ3) is 1.78. The molecule has 0 amide bonds. The highest BCUT2D eigenvalue weighted by Gasteiger charge is 2.31. The Balaban J connectivity index is 1.80. The number of aliphatic imine (C=N–C) groups is 1. The summed E-state index contributed by atoms with van der Waals surface area (Å²) in [6.45, 7) is 2.66. The largest absolute Gasteiger partial charge is 0.310 e. The molecule has 0 saturated heterocycles. The fourth-order valence-corrected chi connectivity index (χ4v) is 3.00. The number of anilines is 2. The first-order valence-electron chi connectivity index (χ1n) is 6.76. The summed E-state index contributed by atoms with van der Waals surface area (Å²) in [6, 6.07) is 16.5. The van der Waals surface area contributed by atoms with E-state index in [1.54, 1.807) is 0 Å². The van der Waals surface area contributed by atoms with Gasteiger partial charge in [0.2, 0.25) is 5.96 Å². The van der Waals surface area contributed by atoms with Crippen LogP contribution in [0.5, 0.6) is 0 Å². The van der Waals surface area contributed by atoms with Gasteiger partial charge in [0.05, 0.1) is 13.1 Å². The van der Waals surface area contributed by atoms with E-state index in [9.17, 15) is 0 Å². The molecule has 4 heteroatoms. The molecule has 2 aromatic carbocycles. The number of halogens is 1. The Morgan fingerprint density at radius 1 is 0.950 bits per heavy atom. The summed E-state index contributed by atoms with van der Waals surface area (Å²) < 4.78 is 0. The standard InChI is InChI=1S/C16H14ClN3/c17-13-5-7-14(8-6-13)20-11-12-3-1-2-4-15(12)19-10-9-18-16(19)20/h1-8H,9-11H2. The zero-order chi connectivity index (χ0) is 13.5. The topological polar surface area (TPSA) is 18.8 Å². The smallest absolute Gasteiger partial charge is 0.206 e. The minimum Gasteiger partial charge on any atom is -0.310 e. The van der Waals surface area contributed by atoms with Gasteiger partial charge in [-0.2, -0.15) is 0 Å². The molecule has 0 fully saturated rings. The molecule has 2 aliphatic rings. The summed E-state index contributed by atoms with van der Waals surface area (Å²) in [5.41, 5.74) is 3.76. The Bertz CT molecular complexity index is 678. The molecule has 0 aliphatic carbocycles. The van der Waals surface area contributed by atoms with Crippen molar-refractivity contribution in [3.8, 4) is 0 Å². The highest BCUT2D eigenvalue weighted by molar-refractivity contribution is 6.30. The molecular formula is C16H14ClN3. The minimum absolute atomic E-state index is 0.761. The third-order valence-corrected chi connectivity index (χ3v) is 4.06. The van der Waals surface area contributed by atoms with Gasteiger partial charge in [0.25, 0.3) is 0 Å². The summed E-state index contributed by atoms with van der Waals surface area (Å²) in [4.78, 5) is 9.23. The molecule has 0 saturated carbocycles. The summed E-state index contributed by atoms with van der Waals surface area (Å²) in [5, 5.41) is 0.761. The van der Waals surface area contributed by atoms with Crippen LogP contribution in [-0.4, -0.2) is 19.0 Å². The monoisotopic (exact) mass is 283 g/mol. The Morgan fingerprint density at radius 3 is 2.60 bits per heavy atom. The van der Waals surface area contributed by atoms with Gasteiger partial charge in [-0.1, -0.05) is 29.8 Å². The van der Waals surface area contributed by atoms with Crippen molar-refractivity contribution < 1.29 is 0 Å². The van der Waals surface area contributed by atoms with E-state index < -0.39 is 0 Å². The fourth-order valence-electron chi connectivity index (χ4n) is 2.87. The molecule has 4 rings (SSSR count). The van der Waals surface area contributed by atoms with E-state index in [1.807, 2.05) is 12.1 Å². The van der Waals surface area contributed by atoms with Gasteiger partial charge in [0, 0.05) is 22.9 Å². The molecule has 0 spiro atoms. The maximum absolute atomic E-state index is 5.98. The minimum atomic E-state index is 0.761. The average molecular weight is 284 g/mol. The zero-order valence-corrected chi connectivity index (χ0v) is 11.7. The summed E-state index contributed by atoms with van der Waals surface area (Å²) in [5.74, 6) is 1.05. The van der Waals surface area contributed by atoms with Crippen molar-refractivity contribution in [1.82, 2.24) is 0 Å². The SMILES string of the molecule is Clc1ccc(N2Cc3ccccc3N3CCN=C23)cc1. The van der Waals surface area contributed by atoms with Crippen molar-refractivity contribution in [2.45, 2.75) is 6.54 Å². The lowest BCUT2D eigenvalue weighted by atomic mass is 10.1. The zero-order valence-electron chi connectivity index (χ0n) is 11.0. The van der Waals surface area contributed by atoms with Gasteiger partial charge in [-0.15, -0.1) is 0 Å². The Hall–Kier alpha value is -2.00. The van der Waals surface area contributed by atoms with Gasteiger partial charge in [0.15, 0.2) is 0 Å². The second-order valence-corrected chi connectivity index (χ2v) is 5.46. The average Bonchev–Trinajstić information content (AvgIpc) is 2.97. The molecule has 3 nitrogen and oxygen atoms in total. The first-order chi connectivity index (χ1) is 9.83. The number of hydrogen-bond acceptors (Lipinski definition) is 3. The van der Waals surface area contributed by atoms with Crippen LogP contribution in [0.3, 0.4) is 0 Å². The molecule has 0 radical (unpaired) electrons. The summed E-state index contributed by atoms with van der Waals surface area (Å²) >= 11 is 5.98. The summed E-state index contributed by atoms with van der Waals surface area (Å²) in [6.07, 6.45) is 0. The molecule has 2 heterocycles. The number of hydrogen-bond donors (Lipinski definition) is 0. The highest BCUT2D eigenvalue weighted by atomic mass is 35.5. The molecule has 2 aliphatic heterocycles. The van der Waals surface area contributed by atoms with Crippen LogP contribution in [0, 0.1) is 0 Å². The van der Waals surface area contributed by atoms with Crippen molar-refractivity contribution >= 4 is 28.9 Å². The molecule has 0 bridgehead atoms. The van der Waals surface area contributed by atoms with Crippen LogP contribution < -0.4 is 9.80 Å². The van der Waals surface area contributed by atoms with Crippen LogP contribution >= 0.6 is 11.6 Å². The number of para-hydroxylation sites is 1. The first kappa shape index (κ1) is 11.8. The van der Waals surface area contributed by atoms with Crippen molar-refractivity contribution in [2.75, 3.05) is 22.9 Å². The number of benzene rings is 2. The Labute approximate surface area is 123 Å². The van der Waals surface area contributed by atoms with Gasteiger partial charge in [-0.25, -0.2) is 0 Å². The number of nitrogens with zero attached hydrogens (tertiary/aromatic N) is 3. The summed E-state index contributed by atoms with van der Waals surface area (Å²) in [7, 11) is 0. The lowest BCUT2D eigenvalue weighted by Gasteiger charge is -2.37. The quantitative estimate of drug-likeness (QED) is 0.797. The maximum atomic E-state index is 5.98. The maximum Gasteiger partial charge on any atom is 0.206 e. The van der Waals surface area contributed by atoms with Crippen LogP contribution in [0.1, 0.15) is 5.56 Å². The lowest BCUT2D eigenvalue weighted by Crippen LogP contribution is -2.46. The van der Waals surface area contributed by atoms with Gasteiger partial charge in [-0.3, -0.25) is 4.99 Å².